The van der Waals surface area contributed by atoms with Crippen LogP contribution < -0.4 is 5.32 Å². The van der Waals surface area contributed by atoms with Crippen LogP contribution in [0.15, 0.2) is 0 Å². The van der Waals surface area contributed by atoms with Crippen LogP contribution in [0.2, 0.25) is 0 Å². The Morgan fingerprint density at radius 2 is 2.06 bits per heavy atom. The summed E-state index contributed by atoms with van der Waals surface area (Å²) in [5.41, 5.74) is 1.03. The summed E-state index contributed by atoms with van der Waals surface area (Å²) in [5, 5.41) is 3.72. The van der Waals surface area contributed by atoms with Gasteiger partial charge in [-0.15, -0.1) is 0 Å². The predicted molar refractivity (Wildman–Crippen MR) is 67.5 cm³/mol. The molecule has 2 nitrogen and oxygen atoms in total. The minimum Gasteiger partial charge on any atom is -0.380 e. The highest BCUT2D eigenvalue weighted by molar-refractivity contribution is 5.12. The van der Waals surface area contributed by atoms with E-state index in [1.54, 1.807) is 0 Å². The molecule has 2 aliphatic rings. The molecule has 0 aromatic heterocycles. The van der Waals surface area contributed by atoms with Crippen LogP contribution in [0, 0.1) is 16.7 Å². The molecule has 0 aliphatic heterocycles. The third-order valence-electron chi connectivity index (χ3n) is 5.64. The van der Waals surface area contributed by atoms with E-state index in [0.717, 1.165) is 25.7 Å². The lowest BCUT2D eigenvalue weighted by molar-refractivity contribution is 0.106. The standard InChI is InChI=1S/C14H27NO/c1-5-16-9-8-15-12-10-11-6-7-14(12,4)13(11,2)3/h11-12,15H,5-10H2,1-4H3/t11-,12?,14+/m0/s1. The molecule has 2 rings (SSSR count). The number of rotatable bonds is 5. The Labute approximate surface area is 100 Å². The fraction of sp³-hybridized carbons (Fsp3) is 1.00. The molecule has 2 bridgehead atoms. The summed E-state index contributed by atoms with van der Waals surface area (Å²) in [5.74, 6) is 0.932. The number of hydrogen-bond acceptors (Lipinski definition) is 2. The Hall–Kier alpha value is -0.0800. The lowest BCUT2D eigenvalue weighted by Crippen LogP contribution is -2.45. The van der Waals surface area contributed by atoms with Crippen LogP contribution in [0.1, 0.15) is 47.0 Å². The van der Waals surface area contributed by atoms with Gasteiger partial charge in [0.1, 0.15) is 0 Å². The molecule has 1 N–H and O–H groups in total. The lowest BCUT2D eigenvalue weighted by atomic mass is 9.69. The molecule has 3 atom stereocenters. The van der Waals surface area contributed by atoms with Gasteiger partial charge in [-0.1, -0.05) is 20.8 Å². The van der Waals surface area contributed by atoms with Crippen LogP contribution in [0.5, 0.6) is 0 Å². The number of nitrogens with one attached hydrogen (secondary N) is 1. The van der Waals surface area contributed by atoms with Gasteiger partial charge in [0.05, 0.1) is 6.61 Å². The lowest BCUT2D eigenvalue weighted by Gasteiger charge is -2.39. The largest absolute Gasteiger partial charge is 0.380 e. The third-order valence-corrected chi connectivity index (χ3v) is 5.64. The van der Waals surface area contributed by atoms with Crippen molar-refractivity contribution < 1.29 is 4.74 Å². The molecule has 0 heterocycles. The minimum atomic E-state index is 0.504. The smallest absolute Gasteiger partial charge is 0.0590 e. The van der Waals surface area contributed by atoms with Crippen LogP contribution >= 0.6 is 0 Å². The van der Waals surface area contributed by atoms with Gasteiger partial charge < -0.3 is 10.1 Å². The molecule has 0 radical (unpaired) electrons. The topological polar surface area (TPSA) is 21.3 Å². The van der Waals surface area contributed by atoms with Crippen LogP contribution in [0.3, 0.4) is 0 Å². The van der Waals surface area contributed by atoms with Gasteiger partial charge in [-0.25, -0.2) is 0 Å². The van der Waals surface area contributed by atoms with Gasteiger partial charge in [0, 0.05) is 19.2 Å². The van der Waals surface area contributed by atoms with E-state index in [1.807, 2.05) is 0 Å². The molecule has 16 heavy (non-hydrogen) atoms. The average molecular weight is 225 g/mol. The Kier molecular flexibility index (Phi) is 3.33. The monoisotopic (exact) mass is 225 g/mol. The number of hydrogen-bond donors (Lipinski definition) is 1. The van der Waals surface area contributed by atoms with Gasteiger partial charge in [0.2, 0.25) is 0 Å². The van der Waals surface area contributed by atoms with Crippen LogP contribution in [-0.2, 0) is 4.74 Å². The first-order chi connectivity index (χ1) is 7.52. The molecule has 2 fully saturated rings. The SMILES string of the molecule is CCOCCNC1C[C@@H]2CC[C@@]1(C)C2(C)C. The molecule has 0 saturated heterocycles. The number of fused-ring (bicyclic) bond motifs is 2. The predicted octanol–water partition coefficient (Wildman–Crippen LogP) is 2.83. The molecule has 0 amide bonds. The molecule has 94 valence electrons. The minimum absolute atomic E-state index is 0.504. The van der Waals surface area contributed by atoms with Crippen molar-refractivity contribution in [1.82, 2.24) is 5.32 Å². The summed E-state index contributed by atoms with van der Waals surface area (Å²) in [6.07, 6.45) is 4.21. The molecular weight excluding hydrogens is 198 g/mol. The first-order valence-electron chi connectivity index (χ1n) is 6.83. The van der Waals surface area contributed by atoms with E-state index < -0.39 is 0 Å². The van der Waals surface area contributed by atoms with E-state index >= 15 is 0 Å². The summed E-state index contributed by atoms with van der Waals surface area (Å²) >= 11 is 0. The van der Waals surface area contributed by atoms with Crippen molar-refractivity contribution in [2.24, 2.45) is 16.7 Å². The normalized spacial score (nSPS) is 40.5. The van der Waals surface area contributed by atoms with E-state index in [-0.39, 0.29) is 0 Å². The zero-order valence-corrected chi connectivity index (χ0v) is 11.3. The van der Waals surface area contributed by atoms with E-state index in [2.05, 4.69) is 33.0 Å². The molecule has 2 aliphatic carbocycles. The van der Waals surface area contributed by atoms with Gasteiger partial charge >= 0.3 is 0 Å². The van der Waals surface area contributed by atoms with Gasteiger partial charge in [-0.2, -0.15) is 0 Å². The van der Waals surface area contributed by atoms with Crippen molar-refractivity contribution in [1.29, 1.82) is 0 Å². The Morgan fingerprint density at radius 1 is 1.31 bits per heavy atom. The van der Waals surface area contributed by atoms with E-state index in [9.17, 15) is 0 Å². The van der Waals surface area contributed by atoms with E-state index in [1.165, 1.54) is 19.3 Å². The van der Waals surface area contributed by atoms with Gasteiger partial charge in [0.25, 0.3) is 0 Å². The maximum absolute atomic E-state index is 5.40. The molecular formula is C14H27NO. The third kappa shape index (κ3) is 1.70. The van der Waals surface area contributed by atoms with Crippen LogP contribution in [-0.4, -0.2) is 25.8 Å². The molecule has 2 heteroatoms. The fourth-order valence-electron chi connectivity index (χ4n) is 3.96. The average Bonchev–Trinajstić information content (AvgIpc) is 2.57. The van der Waals surface area contributed by atoms with Crippen molar-refractivity contribution in [3.05, 3.63) is 0 Å². The molecule has 2 saturated carbocycles. The van der Waals surface area contributed by atoms with Crippen molar-refractivity contribution in [3.8, 4) is 0 Å². The summed E-state index contributed by atoms with van der Waals surface area (Å²) in [6, 6.07) is 0.710. The summed E-state index contributed by atoms with van der Waals surface area (Å²) in [7, 11) is 0. The fourth-order valence-corrected chi connectivity index (χ4v) is 3.96. The molecule has 0 aromatic rings. The first-order valence-corrected chi connectivity index (χ1v) is 6.83. The van der Waals surface area contributed by atoms with Crippen molar-refractivity contribution in [3.63, 3.8) is 0 Å². The molecule has 0 aromatic carbocycles. The van der Waals surface area contributed by atoms with E-state index in [0.29, 0.717) is 16.9 Å². The van der Waals surface area contributed by atoms with Crippen LogP contribution in [0.4, 0.5) is 0 Å². The second kappa shape index (κ2) is 4.30. The van der Waals surface area contributed by atoms with Crippen molar-refractivity contribution in [2.45, 2.75) is 53.0 Å². The molecule has 0 spiro atoms. The Balaban J connectivity index is 1.89. The molecule has 1 unspecified atom stereocenters. The van der Waals surface area contributed by atoms with E-state index in [4.69, 9.17) is 4.74 Å². The Morgan fingerprint density at radius 3 is 2.56 bits per heavy atom. The van der Waals surface area contributed by atoms with Gasteiger partial charge in [0.15, 0.2) is 0 Å². The van der Waals surface area contributed by atoms with Gasteiger partial charge in [-0.3, -0.25) is 0 Å². The Bertz CT molecular complexity index is 251. The first kappa shape index (κ1) is 12.4. The van der Waals surface area contributed by atoms with Crippen LogP contribution in [0.25, 0.3) is 0 Å². The zero-order valence-electron chi connectivity index (χ0n) is 11.3. The summed E-state index contributed by atoms with van der Waals surface area (Å²) in [6.45, 7) is 12.2. The second-order valence-electron chi connectivity index (χ2n) is 6.31. The zero-order chi connectivity index (χ0) is 11.8. The highest BCUT2D eigenvalue weighted by Crippen LogP contribution is 2.65. The summed E-state index contributed by atoms with van der Waals surface area (Å²) in [4.78, 5) is 0. The highest BCUT2D eigenvalue weighted by Gasteiger charge is 2.60. The van der Waals surface area contributed by atoms with Crippen molar-refractivity contribution >= 4 is 0 Å². The van der Waals surface area contributed by atoms with Crippen molar-refractivity contribution in [2.75, 3.05) is 19.8 Å². The maximum atomic E-state index is 5.40. The summed E-state index contributed by atoms with van der Waals surface area (Å²) < 4.78 is 5.40. The maximum Gasteiger partial charge on any atom is 0.0590 e. The second-order valence-corrected chi connectivity index (χ2v) is 6.31. The number of ether oxygens (including phenoxy) is 1. The van der Waals surface area contributed by atoms with Gasteiger partial charge in [-0.05, 0) is 42.9 Å². The quantitative estimate of drug-likeness (QED) is 0.726. The highest BCUT2D eigenvalue weighted by atomic mass is 16.5.